The lowest BCUT2D eigenvalue weighted by atomic mass is 10.1. The Labute approximate surface area is 473 Å². The number of azo groups is 4. The Bertz CT molecular complexity index is 5080. The van der Waals surface area contributed by atoms with E-state index in [-0.39, 0.29) is 12.2 Å². The fourth-order valence-corrected chi connectivity index (χ4v) is 11.8. The molecule has 0 saturated heterocycles. The summed E-state index contributed by atoms with van der Waals surface area (Å²) in [5.74, 6) is -3.67. The molecular formula is C43H29N11O25S6. The van der Waals surface area contributed by atoms with E-state index in [0.717, 1.165) is 77.5 Å². The van der Waals surface area contributed by atoms with Crippen molar-refractivity contribution in [1.82, 2.24) is 4.57 Å². The van der Waals surface area contributed by atoms with Gasteiger partial charge in [0.2, 0.25) is 5.88 Å². The normalized spacial score (nSPS) is 13.1. The highest BCUT2D eigenvalue weighted by Crippen LogP contribution is 2.49. The van der Waals surface area contributed by atoms with Crippen LogP contribution in [0.15, 0.2) is 174 Å². The lowest BCUT2D eigenvalue weighted by Crippen LogP contribution is -2.03. The van der Waals surface area contributed by atoms with Crippen LogP contribution in [0, 0.1) is 10.1 Å². The molecule has 0 amide bonds. The summed E-state index contributed by atoms with van der Waals surface area (Å²) in [5, 5.41) is 71.0. The van der Waals surface area contributed by atoms with Crippen LogP contribution in [0.4, 0.5) is 56.9 Å². The molecule has 0 fully saturated rings. The van der Waals surface area contributed by atoms with E-state index in [9.17, 15) is 108 Å². The third-order valence-corrected chi connectivity index (χ3v) is 16.8. The van der Waals surface area contributed by atoms with Gasteiger partial charge in [-0.2, -0.15) is 55.6 Å². The highest BCUT2D eigenvalue weighted by atomic mass is 32.2. The van der Waals surface area contributed by atoms with Crippen molar-refractivity contribution < 1.29 is 108 Å². The number of hydrogen-bond donors (Lipinski definition) is 10. The second-order valence-electron chi connectivity index (χ2n) is 16.7. The Morgan fingerprint density at radius 3 is 1.58 bits per heavy atom. The van der Waals surface area contributed by atoms with Gasteiger partial charge in [0.1, 0.15) is 58.6 Å². The Hall–Kier alpha value is -9.73. The lowest BCUT2D eigenvalue weighted by molar-refractivity contribution is -0.385. The molecule has 0 bridgehead atoms. The molecule has 0 radical (unpaired) electrons. The highest BCUT2D eigenvalue weighted by Gasteiger charge is 2.30. The molecular weight excluding hydrogens is 1260 g/mol. The predicted molar refractivity (Wildman–Crippen MR) is 285 cm³/mol. The van der Waals surface area contributed by atoms with Crippen molar-refractivity contribution in [3.8, 4) is 28.8 Å². The number of non-ortho nitro benzene ring substituents is 1. The van der Waals surface area contributed by atoms with Gasteiger partial charge >= 0.3 is 0 Å². The van der Waals surface area contributed by atoms with E-state index >= 15 is 0 Å². The van der Waals surface area contributed by atoms with Gasteiger partial charge in [0.05, 0.1) is 27.1 Å². The number of fused-ring (bicyclic) bond motifs is 2. The summed E-state index contributed by atoms with van der Waals surface area (Å²) < 4.78 is 216. The third-order valence-electron chi connectivity index (χ3n) is 11.4. The number of phenols is 2. The van der Waals surface area contributed by atoms with Gasteiger partial charge in [-0.3, -0.25) is 46.8 Å². The van der Waals surface area contributed by atoms with Crippen molar-refractivity contribution in [3.05, 3.63) is 113 Å². The van der Waals surface area contributed by atoms with Gasteiger partial charge in [-0.25, -0.2) is 0 Å². The molecule has 36 nitrogen and oxygen atoms in total. The van der Waals surface area contributed by atoms with Gasteiger partial charge in [0, 0.05) is 39.7 Å². The van der Waals surface area contributed by atoms with E-state index < -0.39 is 197 Å². The smallest absolute Gasteiger partial charge is 0.298 e. The molecule has 0 unspecified atom stereocenters. The molecule has 0 atom stereocenters. The van der Waals surface area contributed by atoms with Crippen LogP contribution in [-0.4, -0.2) is 109 Å². The quantitative estimate of drug-likeness (QED) is 0.00969. The topological polar surface area (TPSA) is 586 Å². The first-order valence-corrected chi connectivity index (χ1v) is 30.5. The number of rotatable bonds is 18. The van der Waals surface area contributed by atoms with E-state index in [1.165, 1.54) is 0 Å². The molecule has 0 aliphatic rings. The summed E-state index contributed by atoms with van der Waals surface area (Å²) in [6, 6.07) is 12.6. The van der Waals surface area contributed by atoms with Crippen LogP contribution < -0.4 is 10.5 Å². The lowest BCUT2D eigenvalue weighted by Gasteiger charge is -2.13. The van der Waals surface area contributed by atoms with Crippen LogP contribution in [-0.2, 0) is 65.5 Å². The molecule has 0 spiro atoms. The first kappa shape index (κ1) is 61.3. The first-order chi connectivity index (χ1) is 39.4. The minimum Gasteiger partial charge on any atom is -0.505 e. The van der Waals surface area contributed by atoms with E-state index in [0.29, 0.717) is 30.3 Å². The minimum atomic E-state index is -5.69. The summed E-state index contributed by atoms with van der Waals surface area (Å²) in [5.41, 5.74) is -1.56. The van der Waals surface area contributed by atoms with Crippen molar-refractivity contribution in [2.45, 2.75) is 29.4 Å². The molecule has 11 N–H and O–H groups in total. The molecule has 0 aliphatic carbocycles. The zero-order valence-electron chi connectivity index (χ0n) is 40.9. The zero-order chi connectivity index (χ0) is 62.7. The van der Waals surface area contributed by atoms with E-state index in [4.69, 9.17) is 10.5 Å². The van der Waals surface area contributed by atoms with Crippen LogP contribution in [0.5, 0.6) is 23.1 Å². The van der Waals surface area contributed by atoms with Crippen LogP contribution in [0.1, 0.15) is 0 Å². The maximum atomic E-state index is 13.1. The Morgan fingerprint density at radius 2 is 1.00 bits per heavy atom. The molecule has 7 aromatic carbocycles. The average molecular weight is 1290 g/mol. The van der Waals surface area contributed by atoms with Gasteiger partial charge in [-0.1, -0.05) is 6.07 Å². The number of aromatic hydroxyl groups is 3. The van der Waals surface area contributed by atoms with Crippen molar-refractivity contribution in [2.75, 3.05) is 5.73 Å². The maximum Gasteiger partial charge on any atom is 0.298 e. The maximum absolute atomic E-state index is 13.1. The molecule has 0 aliphatic heterocycles. The summed E-state index contributed by atoms with van der Waals surface area (Å²) in [6.07, 6.45) is 0.969. The van der Waals surface area contributed by atoms with Crippen LogP contribution in [0.25, 0.3) is 27.2 Å². The number of nitro groups is 1. The number of aromatic nitrogens is 1. The molecule has 1 heterocycles. The fraction of sp³-hybridized carbons (Fsp3) is 0. The summed E-state index contributed by atoms with van der Waals surface area (Å²) >= 11 is 0. The van der Waals surface area contributed by atoms with Crippen molar-refractivity contribution in [1.29, 1.82) is 0 Å². The van der Waals surface area contributed by atoms with Crippen molar-refractivity contribution >= 4 is 146 Å². The third kappa shape index (κ3) is 12.6. The largest absolute Gasteiger partial charge is 0.505 e. The molecule has 442 valence electrons. The number of anilines is 1. The first-order valence-electron chi connectivity index (χ1n) is 21.9. The van der Waals surface area contributed by atoms with Gasteiger partial charge in [-0.05, 0) is 78.9 Å². The average Bonchev–Trinajstić information content (AvgIpc) is 1.55. The number of carbonyl (C=O) groups excluding carboxylic acids is 1. The second-order valence-corrected chi connectivity index (χ2v) is 25.0. The predicted octanol–water partition coefficient (Wildman–Crippen LogP) is 8.07. The Balaban J connectivity index is 1.18. The van der Waals surface area contributed by atoms with Crippen LogP contribution in [0.2, 0.25) is 0 Å². The molecule has 8 aromatic rings. The van der Waals surface area contributed by atoms with Crippen molar-refractivity contribution in [3.63, 3.8) is 0 Å². The summed E-state index contributed by atoms with van der Waals surface area (Å²) in [4.78, 5) is 14.7. The van der Waals surface area contributed by atoms with Crippen LogP contribution in [0.3, 0.4) is 0 Å². The van der Waals surface area contributed by atoms with Gasteiger partial charge < -0.3 is 25.8 Å². The number of hydrogen-bond acceptors (Lipinski definition) is 28. The molecule has 85 heavy (non-hydrogen) atoms. The van der Waals surface area contributed by atoms with E-state index in [1.54, 1.807) is 0 Å². The fourth-order valence-electron chi connectivity index (χ4n) is 7.79. The number of nitrogens with zero attached hydrogens (tertiary/aromatic N) is 10. The standard InChI is InChI=1S/C43H29N11O25S6/c44-26-16-31(41(84(73,74)75)24-8-11-29(40(57)36(24)26)48-46-28-10-4-21(54(59)60)14-34(28)82(67,68)69)50-49-30-12-7-23-25(42(30)85(76,77)78)15-35(83(70,71)72)38(39(23)56)52-45-19-1-9-27(33(13-19)81(64,65)66)47-51-37-32(79-18-55)17-53(43(37)58)20-2-5-22(6-3-20)80(61,62)63/h1-18,56-58H,44H2,(H,61,62,63)(H,64,65,66)(H,67,68,69)(H,70,71,72)(H,73,74,75)(H,76,77,78). The number of nitrogens with two attached hydrogens (primary N) is 1. The van der Waals surface area contributed by atoms with E-state index in [2.05, 4.69) is 40.9 Å². The Morgan fingerprint density at radius 1 is 0.494 bits per heavy atom. The number of benzene rings is 7. The molecule has 42 heteroatoms. The SMILES string of the molecule is Nc1cc(N=Nc2ccc3c(O)c(N=Nc4ccc(N=Nc5c(OC=O)cn(-c6ccc(S(=O)(=O)O)cc6)c5O)c(S(=O)(=O)O)c4)c(S(=O)(=O)O)cc3c2S(=O)(=O)O)c(S(=O)(=O)O)c2ccc(N=Nc3ccc([N+](=O)[O-])cc3S(=O)(=O)O)c(O)c12. The second kappa shape index (κ2) is 22.1. The van der Waals surface area contributed by atoms with E-state index in [1.807, 2.05) is 0 Å². The number of nitro benzene ring substituents is 1. The summed E-state index contributed by atoms with van der Waals surface area (Å²) in [7, 11) is -32.0. The molecule has 8 rings (SSSR count). The van der Waals surface area contributed by atoms with Gasteiger partial charge in [0.15, 0.2) is 22.9 Å². The molecule has 1 aromatic heterocycles. The minimum absolute atomic E-state index is 0.00219. The highest BCUT2D eigenvalue weighted by molar-refractivity contribution is 7.87. The number of nitrogen functional groups attached to an aromatic ring is 1. The summed E-state index contributed by atoms with van der Waals surface area (Å²) in [6.45, 7) is -0.0988. The Kier molecular flexibility index (Phi) is 16.0. The van der Waals surface area contributed by atoms with Gasteiger partial charge in [-0.15, -0.1) is 35.8 Å². The van der Waals surface area contributed by atoms with Gasteiger partial charge in [0.25, 0.3) is 72.9 Å². The van der Waals surface area contributed by atoms with Crippen molar-refractivity contribution in [2.24, 2.45) is 40.9 Å². The van der Waals surface area contributed by atoms with Crippen LogP contribution >= 0.6 is 0 Å². The molecule has 0 saturated carbocycles. The number of phenolic OH excluding ortho intramolecular Hbond substituents is 2. The monoisotopic (exact) mass is 1290 g/mol. The number of carbonyl (C=O) groups is 1. The zero-order valence-corrected chi connectivity index (χ0v) is 45.8. The number of ether oxygens (including phenoxy) is 1.